The zero-order valence-electron chi connectivity index (χ0n) is 18.8. The highest BCUT2D eigenvalue weighted by atomic mass is 16.3. The molecule has 0 aromatic carbocycles. The molecule has 186 valence electrons. The highest BCUT2D eigenvalue weighted by molar-refractivity contribution is 5.99. The molecule has 34 heavy (non-hydrogen) atoms. The van der Waals surface area contributed by atoms with E-state index >= 15 is 0 Å². The fourth-order valence-electron chi connectivity index (χ4n) is 3.59. The summed E-state index contributed by atoms with van der Waals surface area (Å²) in [5.41, 5.74) is 23.8. The van der Waals surface area contributed by atoms with Crippen molar-refractivity contribution in [3.8, 4) is 0 Å². The number of aliphatic hydroxyl groups is 4. The maximum atomic E-state index is 9.83. The predicted molar refractivity (Wildman–Crippen MR) is 128 cm³/mol. The average molecular weight is 478 g/mol. The number of fused-ring (bicyclic) bond motifs is 2. The van der Waals surface area contributed by atoms with Crippen molar-refractivity contribution in [3.63, 3.8) is 0 Å². The van der Waals surface area contributed by atoms with Crippen LogP contribution in [0.25, 0.3) is 0 Å². The topological polar surface area (TPSA) is 273 Å². The molecule has 0 bridgehead atoms. The van der Waals surface area contributed by atoms with Crippen LogP contribution in [0.3, 0.4) is 0 Å². The number of aliphatic hydroxyl groups excluding tert-OH is 4. The highest BCUT2D eigenvalue weighted by Gasteiger charge is 2.30. The van der Waals surface area contributed by atoms with Crippen molar-refractivity contribution >= 4 is 46.6 Å². The van der Waals surface area contributed by atoms with E-state index in [0.29, 0.717) is 41.8 Å². The largest absolute Gasteiger partial charge is 0.391 e. The fourth-order valence-corrected chi connectivity index (χ4v) is 3.59. The Kier molecular flexibility index (Phi) is 7.51. The lowest BCUT2D eigenvalue weighted by atomic mass is 9.89. The number of nitrogens with two attached hydrogens (primary N) is 4. The number of rotatable bonds is 4. The Balaban J connectivity index is 0.000000191. The van der Waals surface area contributed by atoms with Crippen LogP contribution in [0.1, 0.15) is 19.4 Å². The van der Waals surface area contributed by atoms with Gasteiger partial charge in [-0.05, 0) is 20.3 Å². The van der Waals surface area contributed by atoms with Crippen molar-refractivity contribution in [1.82, 2.24) is 19.9 Å². The molecular weight excluding hydrogens is 446 g/mol. The van der Waals surface area contributed by atoms with Crippen LogP contribution in [0.15, 0.2) is 4.99 Å². The molecule has 15 heteroatoms. The molecule has 0 saturated carbocycles. The van der Waals surface area contributed by atoms with Gasteiger partial charge in [-0.2, -0.15) is 19.9 Å². The van der Waals surface area contributed by atoms with Gasteiger partial charge in [0.15, 0.2) is 11.6 Å². The summed E-state index contributed by atoms with van der Waals surface area (Å²) in [5.74, 6) is 1.57. The summed E-state index contributed by atoms with van der Waals surface area (Å²) < 4.78 is 0. The molecule has 2 aromatic rings. The Labute approximate surface area is 195 Å². The third-order valence-electron chi connectivity index (χ3n) is 5.45. The Hall–Kier alpha value is -3.53. The molecule has 0 spiro atoms. The molecule has 2 aliphatic rings. The molecule has 15 nitrogen and oxygen atoms in total. The first-order valence-corrected chi connectivity index (χ1v) is 10.6. The van der Waals surface area contributed by atoms with Gasteiger partial charge in [0.1, 0.15) is 23.4 Å². The Morgan fingerprint density at radius 3 is 2.06 bits per heavy atom. The maximum Gasteiger partial charge on any atom is 0.224 e. The molecule has 4 rings (SSSR count). The lowest BCUT2D eigenvalue weighted by molar-refractivity contribution is -0.00434. The zero-order chi connectivity index (χ0) is 25.2. The molecular formula is C19H31N11O4. The summed E-state index contributed by atoms with van der Waals surface area (Å²) in [6.45, 7) is 3.83. The van der Waals surface area contributed by atoms with Gasteiger partial charge in [-0.3, -0.25) is 0 Å². The first-order chi connectivity index (χ1) is 16.0. The van der Waals surface area contributed by atoms with E-state index in [1.54, 1.807) is 6.92 Å². The SMILES string of the molecule is CC(O)C(O)C1=Nc2c(N)nc(N)nc2NC1.CC(O)C(O)C1CNc2nc(N)nc(N)c2C1. The van der Waals surface area contributed by atoms with E-state index in [0.717, 1.165) is 5.56 Å². The number of hydrogen-bond acceptors (Lipinski definition) is 15. The van der Waals surface area contributed by atoms with Gasteiger partial charge in [-0.15, -0.1) is 0 Å². The first kappa shape index (κ1) is 25.1. The minimum absolute atomic E-state index is 0.0588. The van der Waals surface area contributed by atoms with E-state index in [1.165, 1.54) is 6.92 Å². The second-order valence-electron chi connectivity index (χ2n) is 8.18. The molecule has 4 heterocycles. The molecule has 0 amide bonds. The lowest BCUT2D eigenvalue weighted by Crippen LogP contribution is -2.39. The van der Waals surface area contributed by atoms with Gasteiger partial charge in [0.2, 0.25) is 11.9 Å². The summed E-state index contributed by atoms with van der Waals surface area (Å²) in [6, 6.07) is 0. The molecule has 0 radical (unpaired) electrons. The summed E-state index contributed by atoms with van der Waals surface area (Å²) in [6.07, 6.45) is -3.01. The standard InChI is InChI=1S/C10H17N5O2.C9H14N6O2/c1-4(16)7(17)5-2-6-8(11)14-10(12)15-9(6)13-3-5;1-3(16)6(17)4-2-12-8-5(13-4)7(10)14-9(11)15-8/h4-5,7,16-17H,2-3H2,1H3,(H5,11,12,13,14,15);3,6,16-17H,2H2,1H3,(H5,10,11,12,14,15). The highest BCUT2D eigenvalue weighted by Crippen LogP contribution is 2.32. The number of aliphatic imine (C=N–C) groups is 1. The van der Waals surface area contributed by atoms with Crippen molar-refractivity contribution in [3.05, 3.63) is 5.56 Å². The van der Waals surface area contributed by atoms with E-state index in [2.05, 4.69) is 35.6 Å². The van der Waals surface area contributed by atoms with Gasteiger partial charge >= 0.3 is 0 Å². The van der Waals surface area contributed by atoms with E-state index in [-0.39, 0.29) is 30.2 Å². The van der Waals surface area contributed by atoms with Crippen LogP contribution in [0.2, 0.25) is 0 Å². The van der Waals surface area contributed by atoms with E-state index in [1.807, 2.05) is 0 Å². The zero-order valence-corrected chi connectivity index (χ0v) is 18.8. The van der Waals surface area contributed by atoms with Gasteiger partial charge in [-0.1, -0.05) is 0 Å². The van der Waals surface area contributed by atoms with Gasteiger partial charge in [0, 0.05) is 18.0 Å². The minimum atomic E-state index is -1.05. The van der Waals surface area contributed by atoms with Crippen LogP contribution >= 0.6 is 0 Å². The van der Waals surface area contributed by atoms with Crippen molar-refractivity contribution in [1.29, 1.82) is 0 Å². The van der Waals surface area contributed by atoms with Crippen LogP contribution in [0.5, 0.6) is 0 Å². The van der Waals surface area contributed by atoms with Crippen LogP contribution in [-0.2, 0) is 6.42 Å². The molecule has 0 aliphatic carbocycles. The molecule has 2 aromatic heterocycles. The van der Waals surface area contributed by atoms with Gasteiger partial charge in [-0.25, -0.2) is 4.99 Å². The molecule has 0 saturated heterocycles. The number of aromatic nitrogens is 4. The monoisotopic (exact) mass is 477 g/mol. The summed E-state index contributed by atoms with van der Waals surface area (Å²) in [4.78, 5) is 19.8. The normalized spacial score (nSPS) is 20.1. The van der Waals surface area contributed by atoms with Crippen molar-refractivity contribution < 1.29 is 20.4 Å². The molecule has 5 unspecified atom stereocenters. The number of nitrogen functional groups attached to an aromatic ring is 4. The molecule has 2 aliphatic heterocycles. The Bertz CT molecular complexity index is 1060. The van der Waals surface area contributed by atoms with Crippen LogP contribution in [0.4, 0.5) is 40.9 Å². The third-order valence-corrected chi connectivity index (χ3v) is 5.45. The second kappa shape index (κ2) is 10.2. The van der Waals surface area contributed by atoms with Gasteiger partial charge < -0.3 is 54.0 Å². The fraction of sp³-hybridized carbons (Fsp3) is 0.526. The molecule has 5 atom stereocenters. The predicted octanol–water partition coefficient (Wildman–Crippen LogP) is -2.15. The number of anilines is 6. The lowest BCUT2D eigenvalue weighted by Gasteiger charge is -2.30. The van der Waals surface area contributed by atoms with Crippen LogP contribution in [-0.4, -0.2) is 83.6 Å². The first-order valence-electron chi connectivity index (χ1n) is 10.6. The smallest absolute Gasteiger partial charge is 0.224 e. The number of nitrogens with zero attached hydrogens (tertiary/aromatic N) is 5. The summed E-state index contributed by atoms with van der Waals surface area (Å²) in [7, 11) is 0. The average Bonchev–Trinajstić information content (AvgIpc) is 2.77. The van der Waals surface area contributed by atoms with Crippen LogP contribution < -0.4 is 33.6 Å². The van der Waals surface area contributed by atoms with Crippen molar-refractivity contribution in [2.24, 2.45) is 10.9 Å². The van der Waals surface area contributed by atoms with Crippen molar-refractivity contribution in [2.75, 3.05) is 46.7 Å². The van der Waals surface area contributed by atoms with E-state index in [4.69, 9.17) is 22.9 Å². The third kappa shape index (κ3) is 5.51. The second-order valence-corrected chi connectivity index (χ2v) is 8.18. The van der Waals surface area contributed by atoms with E-state index in [9.17, 15) is 20.4 Å². The molecule has 14 N–H and O–H groups in total. The summed E-state index contributed by atoms with van der Waals surface area (Å²) >= 11 is 0. The van der Waals surface area contributed by atoms with Gasteiger partial charge in [0.05, 0.1) is 30.6 Å². The Morgan fingerprint density at radius 1 is 0.824 bits per heavy atom. The summed E-state index contributed by atoms with van der Waals surface area (Å²) in [5, 5.41) is 44.2. The number of nitrogens with one attached hydrogen (secondary N) is 2. The van der Waals surface area contributed by atoms with Gasteiger partial charge in [0.25, 0.3) is 0 Å². The maximum absolute atomic E-state index is 9.83. The minimum Gasteiger partial charge on any atom is -0.391 e. The quantitative estimate of drug-likeness (QED) is 0.225. The van der Waals surface area contributed by atoms with Crippen molar-refractivity contribution in [2.45, 2.75) is 44.7 Å². The number of hydrogen-bond donors (Lipinski definition) is 10. The van der Waals surface area contributed by atoms with E-state index < -0.39 is 24.4 Å². The van der Waals surface area contributed by atoms with Crippen LogP contribution in [0, 0.1) is 5.92 Å². The Morgan fingerprint density at radius 2 is 1.44 bits per heavy atom. The molecule has 0 fully saturated rings.